The van der Waals surface area contributed by atoms with Crippen LogP contribution in [-0.2, 0) is 11.3 Å². The van der Waals surface area contributed by atoms with Gasteiger partial charge < -0.3 is 4.74 Å². The summed E-state index contributed by atoms with van der Waals surface area (Å²) in [6, 6.07) is 8.92. The van der Waals surface area contributed by atoms with Gasteiger partial charge in [0.2, 0.25) is 5.69 Å². The van der Waals surface area contributed by atoms with E-state index in [2.05, 4.69) is 5.10 Å². The number of ether oxygens (including phenoxy) is 1. The lowest BCUT2D eigenvalue weighted by molar-refractivity contribution is -0.428. The van der Waals surface area contributed by atoms with Gasteiger partial charge in [-0.25, -0.2) is 9.48 Å². The Morgan fingerprint density at radius 1 is 1.43 bits per heavy atom. The number of hydrogen-bond acceptors (Lipinski definition) is 5. The van der Waals surface area contributed by atoms with Gasteiger partial charge >= 0.3 is 11.7 Å². The van der Waals surface area contributed by atoms with Crippen LogP contribution < -0.4 is 0 Å². The molecule has 0 bridgehead atoms. The van der Waals surface area contributed by atoms with E-state index >= 15 is 0 Å². The summed E-state index contributed by atoms with van der Waals surface area (Å²) in [5.74, 6) is -0.626. The molecule has 0 aliphatic rings. The summed E-state index contributed by atoms with van der Waals surface area (Å²) in [6.07, 6.45) is 1.32. The lowest BCUT2D eigenvalue weighted by Crippen LogP contribution is -2.14. The highest BCUT2D eigenvalue weighted by atomic mass is 16.5. The minimum atomic E-state index is -0.626. The van der Waals surface area contributed by atoms with Gasteiger partial charge in [0.1, 0.15) is 6.20 Å². The van der Waals surface area contributed by atoms with Crippen molar-refractivity contribution in [3.8, 4) is 6.07 Å². The van der Waals surface area contributed by atoms with Gasteiger partial charge in [0.25, 0.3) is 0 Å². The van der Waals surface area contributed by atoms with Crippen LogP contribution >= 0.6 is 0 Å². The van der Waals surface area contributed by atoms with Crippen molar-refractivity contribution in [3.63, 3.8) is 0 Å². The minimum absolute atomic E-state index is 0.0966. The van der Waals surface area contributed by atoms with Gasteiger partial charge in [-0.05, 0) is 17.7 Å². The summed E-state index contributed by atoms with van der Waals surface area (Å²) in [4.78, 5) is 23.3. The number of hydrogen-bond donors (Lipinski definition) is 0. The van der Waals surface area contributed by atoms with Crippen LogP contribution in [0.1, 0.15) is 21.6 Å². The summed E-state index contributed by atoms with van der Waals surface area (Å²) in [7, 11) is 2.53. The standard InChI is InChI=1S/C14H13N4O3/c1-17(20)12-8-16-18(13(12)14(19)21-2)9-11-5-3-10(7-15)4-6-11/h3-6,8H,9H2,1-2H3/q+1. The predicted octanol–water partition coefficient (Wildman–Crippen LogP) is 1.63. The first-order chi connectivity index (χ1) is 10.1. The summed E-state index contributed by atoms with van der Waals surface area (Å²) < 4.78 is 6.66. The summed E-state index contributed by atoms with van der Waals surface area (Å²) >= 11 is 0. The number of aromatic nitrogens is 2. The molecule has 0 unspecified atom stereocenters. The smallest absolute Gasteiger partial charge is 0.363 e. The van der Waals surface area contributed by atoms with Crippen LogP contribution in [0.3, 0.4) is 0 Å². The zero-order valence-corrected chi connectivity index (χ0v) is 11.6. The van der Waals surface area contributed by atoms with E-state index in [0.717, 1.165) is 5.56 Å². The molecule has 106 valence electrons. The molecule has 0 fully saturated rings. The van der Waals surface area contributed by atoms with Crippen molar-refractivity contribution in [2.45, 2.75) is 6.54 Å². The molecule has 2 rings (SSSR count). The molecule has 0 N–H and O–H groups in total. The van der Waals surface area contributed by atoms with Gasteiger partial charge in [-0.3, -0.25) is 0 Å². The molecular formula is C14H13N4O3+. The van der Waals surface area contributed by atoms with E-state index in [1.807, 2.05) is 6.07 Å². The summed E-state index contributed by atoms with van der Waals surface area (Å²) in [5, 5.41) is 12.8. The number of methoxy groups -OCH3 is 1. The molecule has 0 aliphatic carbocycles. The third-order valence-corrected chi connectivity index (χ3v) is 2.95. The number of esters is 1. The Morgan fingerprint density at radius 3 is 2.62 bits per heavy atom. The highest BCUT2D eigenvalue weighted by Gasteiger charge is 2.27. The Bertz CT molecular complexity index is 726. The van der Waals surface area contributed by atoms with Crippen molar-refractivity contribution in [1.82, 2.24) is 9.78 Å². The van der Waals surface area contributed by atoms with Crippen molar-refractivity contribution in [2.24, 2.45) is 0 Å². The molecule has 0 saturated carbocycles. The molecule has 7 nitrogen and oxygen atoms in total. The second kappa shape index (κ2) is 5.96. The Kier molecular flexibility index (Phi) is 4.09. The molecule has 1 aromatic heterocycles. The zero-order valence-electron chi connectivity index (χ0n) is 11.6. The first-order valence-corrected chi connectivity index (χ1v) is 6.11. The molecule has 1 aromatic carbocycles. The zero-order chi connectivity index (χ0) is 15.4. The second-order valence-corrected chi connectivity index (χ2v) is 4.33. The fourth-order valence-electron chi connectivity index (χ4n) is 1.89. The molecule has 7 heteroatoms. The first kappa shape index (κ1) is 14.4. The fraction of sp³-hybridized carbons (Fsp3) is 0.214. The summed E-state index contributed by atoms with van der Waals surface area (Å²) in [5.41, 5.74) is 1.64. The van der Waals surface area contributed by atoms with Gasteiger partial charge in [0.15, 0.2) is 7.05 Å². The Hall–Kier alpha value is -3.01. The lowest BCUT2D eigenvalue weighted by atomic mass is 10.1. The quantitative estimate of drug-likeness (QED) is 0.629. The van der Waals surface area contributed by atoms with Crippen molar-refractivity contribution in [3.05, 3.63) is 52.2 Å². The third-order valence-electron chi connectivity index (χ3n) is 2.95. The van der Waals surface area contributed by atoms with Crippen LogP contribution in [-0.4, -0.2) is 34.7 Å². The van der Waals surface area contributed by atoms with Crippen molar-refractivity contribution < 1.29 is 14.3 Å². The molecule has 2 aromatic rings. The molecule has 0 spiro atoms. The molecule has 0 radical (unpaired) electrons. The van der Waals surface area contributed by atoms with E-state index in [1.165, 1.54) is 25.0 Å². The van der Waals surface area contributed by atoms with Crippen LogP contribution in [0, 0.1) is 16.2 Å². The predicted molar refractivity (Wildman–Crippen MR) is 73.0 cm³/mol. The number of carbonyl (C=O) groups excluding carboxylic acids is 1. The van der Waals surface area contributed by atoms with E-state index in [-0.39, 0.29) is 11.4 Å². The van der Waals surface area contributed by atoms with Gasteiger partial charge in [0.05, 0.1) is 25.3 Å². The molecule has 1 heterocycles. The Balaban J connectivity index is 2.37. The normalized spacial score (nSPS) is 9.95. The van der Waals surface area contributed by atoms with E-state index in [1.54, 1.807) is 24.3 Å². The monoisotopic (exact) mass is 285 g/mol. The average Bonchev–Trinajstić information content (AvgIpc) is 2.91. The highest BCUT2D eigenvalue weighted by Crippen LogP contribution is 2.19. The number of carbonyl (C=O) groups is 1. The van der Waals surface area contributed by atoms with Gasteiger partial charge in [0, 0.05) is 9.67 Å². The van der Waals surface area contributed by atoms with E-state index in [9.17, 15) is 9.70 Å². The number of nitrogens with zero attached hydrogens (tertiary/aromatic N) is 4. The van der Waals surface area contributed by atoms with Crippen LogP contribution in [0.25, 0.3) is 0 Å². The SMILES string of the molecule is COC(=O)c1c([N+](C)=O)cnn1Cc1ccc(C#N)cc1. The van der Waals surface area contributed by atoms with E-state index < -0.39 is 5.97 Å². The molecule has 0 atom stereocenters. The van der Waals surface area contributed by atoms with E-state index in [0.29, 0.717) is 16.9 Å². The number of rotatable bonds is 4. The molecule has 0 aliphatic heterocycles. The van der Waals surface area contributed by atoms with E-state index in [4.69, 9.17) is 10.00 Å². The molecular weight excluding hydrogens is 272 g/mol. The molecule has 0 amide bonds. The topological polar surface area (TPSA) is 88.0 Å². The largest absolute Gasteiger partial charge is 0.464 e. The number of benzene rings is 1. The van der Waals surface area contributed by atoms with Crippen LogP contribution in [0.2, 0.25) is 0 Å². The lowest BCUT2D eigenvalue weighted by Gasteiger charge is -2.05. The van der Waals surface area contributed by atoms with Crippen LogP contribution in [0.4, 0.5) is 5.69 Å². The number of nitriles is 1. The average molecular weight is 285 g/mol. The highest BCUT2D eigenvalue weighted by molar-refractivity contribution is 5.91. The maximum Gasteiger partial charge on any atom is 0.363 e. The van der Waals surface area contributed by atoms with Crippen molar-refractivity contribution in [2.75, 3.05) is 14.2 Å². The number of nitroso groups, excluding NO2 is 1. The fourth-order valence-corrected chi connectivity index (χ4v) is 1.89. The maximum absolute atomic E-state index is 11.8. The van der Waals surface area contributed by atoms with Crippen LogP contribution in [0.15, 0.2) is 30.5 Å². The first-order valence-electron chi connectivity index (χ1n) is 6.11. The van der Waals surface area contributed by atoms with Gasteiger partial charge in [-0.1, -0.05) is 12.1 Å². The third kappa shape index (κ3) is 2.95. The van der Waals surface area contributed by atoms with Gasteiger partial charge in [-0.15, -0.1) is 0 Å². The van der Waals surface area contributed by atoms with Crippen molar-refractivity contribution in [1.29, 1.82) is 5.26 Å². The maximum atomic E-state index is 11.8. The second-order valence-electron chi connectivity index (χ2n) is 4.33. The molecule has 21 heavy (non-hydrogen) atoms. The van der Waals surface area contributed by atoms with Crippen LogP contribution in [0.5, 0.6) is 0 Å². The van der Waals surface area contributed by atoms with Crippen molar-refractivity contribution >= 4 is 11.7 Å². The Labute approximate surface area is 120 Å². The molecule has 0 saturated heterocycles. The Morgan fingerprint density at radius 2 is 2.10 bits per heavy atom. The van der Waals surface area contributed by atoms with Gasteiger partial charge in [-0.2, -0.15) is 10.4 Å². The summed E-state index contributed by atoms with van der Waals surface area (Å²) in [6.45, 7) is 0.296. The minimum Gasteiger partial charge on any atom is -0.464 e.